The second-order valence-corrected chi connectivity index (χ2v) is 20.7. The molecule has 0 aliphatic carbocycles. The maximum Gasteiger partial charge on any atom is 0.165 e. The average Bonchev–Trinajstić information content (AvgIpc) is 4.11. The van der Waals surface area contributed by atoms with E-state index in [0.717, 1.165) is 85.6 Å². The molecule has 0 saturated carbocycles. The summed E-state index contributed by atoms with van der Waals surface area (Å²) in [5, 5.41) is 13.4. The average molecular weight is 955 g/mol. The number of thioether (sulfide) groups is 4. The van der Waals surface area contributed by atoms with E-state index in [1.807, 2.05) is 0 Å². The molecule has 0 spiro atoms. The molecule has 8 aromatic carbocycles. The molecule has 5 heterocycles. The number of H-pyrrole nitrogens is 2. The van der Waals surface area contributed by atoms with Crippen molar-refractivity contribution in [3.8, 4) is 45.6 Å². The van der Waals surface area contributed by atoms with Gasteiger partial charge in [-0.1, -0.05) is 97.1 Å². The quantitative estimate of drug-likeness (QED) is 0.166. The van der Waals surface area contributed by atoms with Crippen LogP contribution in [0, 0.1) is 27.7 Å². The number of fused-ring (bicyclic) bond motifs is 24. The standard InChI is InChI=1S/C56H42N8S4/c1-25-29-17-9-13-21-33(29)45(65-5)41-37(25)49-57-50-38-26(2)30-18-10-14-22-34(30)46(66-6)42(38)54(59-50)61-52-40-28(4)32-20-12-16-24-36(32)48(68-8)44(40)56(63-52)64-55-43-39(51(62-55)60-53(41)58-49)27(3)31-19-11-15-23-35(31)47(43)67-7/h9-24H,1-8H3,(H2,57,58,59,60,61,62,63,64). The Morgan fingerprint density at radius 2 is 0.559 bits per heavy atom. The predicted octanol–water partition coefficient (Wildman–Crippen LogP) is 15.6. The Morgan fingerprint density at radius 1 is 0.294 bits per heavy atom. The number of aromatic amines is 2. The molecule has 68 heavy (non-hydrogen) atoms. The van der Waals surface area contributed by atoms with Crippen molar-refractivity contribution in [2.24, 2.45) is 0 Å². The van der Waals surface area contributed by atoms with Gasteiger partial charge >= 0.3 is 0 Å². The lowest BCUT2D eigenvalue weighted by Crippen LogP contribution is -1.93. The van der Waals surface area contributed by atoms with Crippen LogP contribution >= 0.6 is 47.0 Å². The summed E-state index contributed by atoms with van der Waals surface area (Å²) in [4.78, 5) is 45.8. The molecule has 12 heteroatoms. The molecule has 0 amide bonds. The van der Waals surface area contributed by atoms with Gasteiger partial charge in [0.25, 0.3) is 0 Å². The SMILES string of the molecule is CSc1c2c(c(C)c3ccccc13)-c1nc-2nc2[nH]c(nc3nc(nc4[nH]c(n1)c1c(C)c5ccccc5c(SC)c41)-c1c-3c(SC)c3ccccc3c1C)c1c(SC)c3ccccc3c(C)c21. The number of nitrogens with one attached hydrogen (secondary N) is 2. The van der Waals surface area contributed by atoms with Gasteiger partial charge in [-0.15, -0.1) is 47.0 Å². The Balaban J connectivity index is 1.33. The van der Waals surface area contributed by atoms with Crippen LogP contribution in [0.1, 0.15) is 22.3 Å². The molecule has 0 unspecified atom stereocenters. The molecule has 2 aliphatic heterocycles. The molecule has 8 bridgehead atoms. The van der Waals surface area contributed by atoms with Gasteiger partial charge in [0, 0.05) is 63.4 Å². The van der Waals surface area contributed by atoms with Gasteiger partial charge < -0.3 is 9.97 Å². The molecule has 2 aliphatic rings. The minimum Gasteiger partial charge on any atom is -0.324 e. The highest BCUT2D eigenvalue weighted by atomic mass is 32.2. The highest BCUT2D eigenvalue weighted by Gasteiger charge is 2.31. The first kappa shape index (κ1) is 41.7. The smallest absolute Gasteiger partial charge is 0.165 e. The fraction of sp³-hybridized carbons (Fsp3) is 0.143. The van der Waals surface area contributed by atoms with Gasteiger partial charge in [-0.25, -0.2) is 29.9 Å². The lowest BCUT2D eigenvalue weighted by atomic mass is 9.95. The predicted molar refractivity (Wildman–Crippen MR) is 292 cm³/mol. The molecule has 3 aromatic heterocycles. The maximum atomic E-state index is 5.67. The molecule has 13 rings (SSSR count). The lowest BCUT2D eigenvalue weighted by molar-refractivity contribution is 1.19. The summed E-state index contributed by atoms with van der Waals surface area (Å²) in [6.07, 6.45) is 8.58. The van der Waals surface area contributed by atoms with Crippen LogP contribution in [-0.2, 0) is 0 Å². The van der Waals surface area contributed by atoms with Gasteiger partial charge in [0.2, 0.25) is 0 Å². The number of benzene rings is 8. The van der Waals surface area contributed by atoms with E-state index in [4.69, 9.17) is 29.9 Å². The van der Waals surface area contributed by atoms with Crippen molar-refractivity contribution < 1.29 is 0 Å². The van der Waals surface area contributed by atoms with Crippen LogP contribution in [-0.4, -0.2) is 64.9 Å². The molecular weight excluding hydrogens is 913 g/mol. The van der Waals surface area contributed by atoms with Gasteiger partial charge in [0.05, 0.1) is 0 Å². The summed E-state index contributed by atoms with van der Waals surface area (Å²) >= 11 is 6.91. The van der Waals surface area contributed by atoms with E-state index in [-0.39, 0.29) is 0 Å². The third-order valence-electron chi connectivity index (χ3n) is 14.1. The van der Waals surface area contributed by atoms with Crippen LogP contribution in [0.25, 0.3) is 133 Å². The molecule has 330 valence electrons. The zero-order valence-electron chi connectivity index (χ0n) is 38.6. The summed E-state index contributed by atoms with van der Waals surface area (Å²) < 4.78 is 0. The van der Waals surface area contributed by atoms with Crippen molar-refractivity contribution in [1.29, 1.82) is 0 Å². The van der Waals surface area contributed by atoms with Crippen molar-refractivity contribution >= 4 is 134 Å². The number of aryl methyl sites for hydroxylation is 4. The van der Waals surface area contributed by atoms with Gasteiger partial charge in [0.1, 0.15) is 22.6 Å². The van der Waals surface area contributed by atoms with E-state index < -0.39 is 0 Å². The second-order valence-electron chi connectivity index (χ2n) is 17.4. The summed E-state index contributed by atoms with van der Waals surface area (Å²) in [6.45, 7) is 8.79. The lowest BCUT2D eigenvalue weighted by Gasteiger charge is -2.14. The zero-order valence-corrected chi connectivity index (χ0v) is 41.8. The van der Waals surface area contributed by atoms with Crippen LogP contribution in [0.4, 0.5) is 0 Å². The molecule has 11 aromatic rings. The normalized spacial score (nSPS) is 12.4. The van der Waals surface area contributed by atoms with Gasteiger partial charge in [-0.05, 0) is 118 Å². The number of nitrogens with zero attached hydrogens (tertiary/aromatic N) is 6. The van der Waals surface area contributed by atoms with Crippen molar-refractivity contribution in [3.05, 3.63) is 119 Å². The first-order valence-electron chi connectivity index (χ1n) is 22.4. The first-order chi connectivity index (χ1) is 33.2. The van der Waals surface area contributed by atoms with E-state index in [0.29, 0.717) is 45.9 Å². The summed E-state index contributed by atoms with van der Waals surface area (Å²) in [5.74, 6) is 2.43. The molecular formula is C56H42N8S4. The minimum absolute atomic E-state index is 0.607. The summed E-state index contributed by atoms with van der Waals surface area (Å²) in [7, 11) is 0. The number of rotatable bonds is 4. The maximum absolute atomic E-state index is 5.67. The van der Waals surface area contributed by atoms with E-state index >= 15 is 0 Å². The Kier molecular flexibility index (Phi) is 9.54. The number of hydrogen-bond acceptors (Lipinski definition) is 10. The molecule has 8 nitrogen and oxygen atoms in total. The van der Waals surface area contributed by atoms with Crippen LogP contribution in [0.5, 0.6) is 0 Å². The fourth-order valence-corrected chi connectivity index (χ4v) is 14.4. The molecule has 0 saturated heterocycles. The molecule has 0 radical (unpaired) electrons. The number of aromatic nitrogens is 8. The zero-order chi connectivity index (χ0) is 46.3. The topological polar surface area (TPSA) is 109 Å². The number of hydrogen-bond donors (Lipinski definition) is 2. The van der Waals surface area contributed by atoms with Gasteiger partial charge in [-0.3, -0.25) is 0 Å². The highest BCUT2D eigenvalue weighted by Crippen LogP contribution is 2.51. The molecule has 0 fully saturated rings. The van der Waals surface area contributed by atoms with Crippen molar-refractivity contribution in [2.75, 3.05) is 25.0 Å². The van der Waals surface area contributed by atoms with E-state index in [1.165, 1.54) is 43.1 Å². The van der Waals surface area contributed by atoms with Gasteiger partial charge in [-0.2, -0.15) is 0 Å². The van der Waals surface area contributed by atoms with Gasteiger partial charge in [0.15, 0.2) is 23.3 Å². The summed E-state index contributed by atoms with van der Waals surface area (Å²) in [5.41, 5.74) is 11.2. The van der Waals surface area contributed by atoms with Crippen LogP contribution in [0.3, 0.4) is 0 Å². The van der Waals surface area contributed by atoms with Crippen molar-refractivity contribution in [3.63, 3.8) is 0 Å². The van der Waals surface area contributed by atoms with Crippen molar-refractivity contribution in [1.82, 2.24) is 39.9 Å². The van der Waals surface area contributed by atoms with Crippen LogP contribution in [0.2, 0.25) is 0 Å². The Labute approximate surface area is 408 Å². The van der Waals surface area contributed by atoms with Crippen molar-refractivity contribution in [2.45, 2.75) is 47.3 Å². The van der Waals surface area contributed by atoms with Crippen LogP contribution in [0.15, 0.2) is 117 Å². The molecule has 0 atom stereocenters. The third-order valence-corrected chi connectivity index (χ3v) is 17.5. The highest BCUT2D eigenvalue weighted by molar-refractivity contribution is 7.99. The Morgan fingerprint density at radius 3 is 0.882 bits per heavy atom. The Hall–Kier alpha value is -6.44. The molecule has 2 N–H and O–H groups in total. The minimum atomic E-state index is 0.607. The van der Waals surface area contributed by atoms with E-state index in [2.05, 4.69) is 160 Å². The second kappa shape index (κ2) is 15.5. The summed E-state index contributed by atoms with van der Waals surface area (Å²) in [6, 6.07) is 34.6. The van der Waals surface area contributed by atoms with E-state index in [9.17, 15) is 0 Å². The monoisotopic (exact) mass is 954 g/mol. The van der Waals surface area contributed by atoms with E-state index in [1.54, 1.807) is 47.0 Å². The third kappa shape index (κ3) is 5.68. The largest absolute Gasteiger partial charge is 0.324 e. The van der Waals surface area contributed by atoms with Crippen LogP contribution < -0.4 is 0 Å². The Bertz CT molecular complexity index is 4270. The fourth-order valence-electron chi connectivity index (χ4n) is 11.2. The first-order valence-corrected chi connectivity index (χ1v) is 27.3.